The number of thiol groups is 1. The van der Waals surface area contributed by atoms with Crippen LogP contribution in [0.15, 0.2) is 28.8 Å². The van der Waals surface area contributed by atoms with Crippen LogP contribution in [0.5, 0.6) is 0 Å². The van der Waals surface area contributed by atoms with Crippen LogP contribution in [0.2, 0.25) is 0 Å². The van der Waals surface area contributed by atoms with Crippen LogP contribution in [-0.4, -0.2) is 6.21 Å². The van der Waals surface area contributed by atoms with E-state index in [1.165, 1.54) is 0 Å². The number of hydrogen-bond donors (Lipinski definition) is 1. The van der Waals surface area contributed by atoms with Gasteiger partial charge in [0.05, 0.1) is 0 Å². The minimum absolute atomic E-state index is 0.646. The van der Waals surface area contributed by atoms with E-state index in [2.05, 4.69) is 30.8 Å². The largest absolute Gasteiger partial charge is 0.261 e. The molecule has 0 aliphatic carbocycles. The fourth-order valence-corrected chi connectivity index (χ4v) is 0.242. The monoisotopic (exact) mass is 157 g/mol. The molecule has 0 bridgehead atoms. The minimum atomic E-state index is 0.646. The fraction of sp³-hybridized carbons (Fsp3) is 0.375. The van der Waals surface area contributed by atoms with Crippen LogP contribution >= 0.6 is 12.6 Å². The molecule has 0 amide bonds. The summed E-state index contributed by atoms with van der Waals surface area (Å²) in [6.07, 6.45) is 1.56. The first-order valence-electron chi connectivity index (χ1n) is 3.20. The fourth-order valence-electron chi connectivity index (χ4n) is 0.185. The van der Waals surface area contributed by atoms with Crippen molar-refractivity contribution < 1.29 is 0 Å². The Bertz CT molecular complexity index is 120. The van der Waals surface area contributed by atoms with Crippen LogP contribution in [0.1, 0.15) is 20.8 Å². The molecule has 0 aliphatic heterocycles. The van der Waals surface area contributed by atoms with Gasteiger partial charge in [-0.05, 0) is 6.92 Å². The predicted molar refractivity (Wildman–Crippen MR) is 52.8 cm³/mol. The lowest BCUT2D eigenvalue weighted by atomic mass is 10.6. The molecule has 0 radical (unpaired) electrons. The van der Waals surface area contributed by atoms with Crippen molar-refractivity contribution in [3.8, 4) is 0 Å². The van der Waals surface area contributed by atoms with Gasteiger partial charge in [0.1, 0.15) is 0 Å². The van der Waals surface area contributed by atoms with Gasteiger partial charge in [0.2, 0.25) is 0 Å². The highest BCUT2D eigenvalue weighted by molar-refractivity contribution is 7.85. The van der Waals surface area contributed by atoms with E-state index in [9.17, 15) is 0 Å². The molecule has 0 aliphatic rings. The lowest BCUT2D eigenvalue weighted by Crippen LogP contribution is -1.69. The van der Waals surface area contributed by atoms with E-state index in [1.807, 2.05) is 20.8 Å². The Morgan fingerprint density at radius 3 is 1.90 bits per heavy atom. The van der Waals surface area contributed by atoms with E-state index in [1.54, 1.807) is 6.21 Å². The molecule has 0 saturated heterocycles. The molecule has 0 unspecified atom stereocenters. The van der Waals surface area contributed by atoms with E-state index in [-0.39, 0.29) is 0 Å². The lowest BCUT2D eigenvalue weighted by Gasteiger charge is -1.83. The Balaban J connectivity index is 0. The van der Waals surface area contributed by atoms with E-state index < -0.39 is 0 Å². The van der Waals surface area contributed by atoms with Crippen molar-refractivity contribution in [1.82, 2.24) is 0 Å². The van der Waals surface area contributed by atoms with Crippen molar-refractivity contribution in [3.63, 3.8) is 0 Å². The van der Waals surface area contributed by atoms with Crippen molar-refractivity contribution in [2.75, 3.05) is 0 Å². The molecular weight excluding hydrogens is 142 g/mol. The van der Waals surface area contributed by atoms with Crippen LogP contribution in [0.3, 0.4) is 0 Å². The SMILES string of the molecule is C=C(S)C=NC(=C)C.CC. The molecule has 10 heavy (non-hydrogen) atoms. The van der Waals surface area contributed by atoms with Gasteiger partial charge in [-0.1, -0.05) is 27.0 Å². The maximum Gasteiger partial charge on any atom is 0.0398 e. The maximum absolute atomic E-state index is 3.89. The third-order valence-corrected chi connectivity index (χ3v) is 0.549. The van der Waals surface area contributed by atoms with Crippen LogP contribution in [0, 0.1) is 0 Å². The second-order valence-electron chi connectivity index (χ2n) is 1.48. The third kappa shape index (κ3) is 15.6. The standard InChI is InChI=1S/C6H9NS.C2H6/c1-5(2)7-4-6(3)8;1-2/h4,8H,1,3H2,2H3;1-2H3. The molecule has 0 fully saturated rings. The highest BCUT2D eigenvalue weighted by Crippen LogP contribution is 1.93. The van der Waals surface area contributed by atoms with E-state index in [4.69, 9.17) is 0 Å². The molecule has 0 aromatic rings. The topological polar surface area (TPSA) is 12.4 Å². The zero-order chi connectivity index (χ0) is 8.57. The van der Waals surface area contributed by atoms with Gasteiger partial charge >= 0.3 is 0 Å². The number of nitrogens with zero attached hydrogens (tertiary/aromatic N) is 1. The summed E-state index contributed by atoms with van der Waals surface area (Å²) in [5, 5.41) is 0. The van der Waals surface area contributed by atoms with Crippen molar-refractivity contribution >= 4 is 18.8 Å². The second-order valence-corrected chi connectivity index (χ2v) is 2.06. The Morgan fingerprint density at radius 1 is 1.40 bits per heavy atom. The van der Waals surface area contributed by atoms with Crippen LogP contribution in [0.4, 0.5) is 0 Å². The number of rotatable bonds is 2. The summed E-state index contributed by atoms with van der Waals surface area (Å²) in [6.45, 7) is 12.9. The zero-order valence-corrected chi connectivity index (χ0v) is 7.78. The van der Waals surface area contributed by atoms with E-state index in [0.717, 1.165) is 5.70 Å². The van der Waals surface area contributed by atoms with Gasteiger partial charge in [-0.2, -0.15) is 0 Å². The summed E-state index contributed by atoms with van der Waals surface area (Å²) in [7, 11) is 0. The normalized spacial score (nSPS) is 8.40. The van der Waals surface area contributed by atoms with Gasteiger partial charge in [-0.3, -0.25) is 4.99 Å². The first-order valence-corrected chi connectivity index (χ1v) is 3.65. The Hall–Kier alpha value is -0.500. The number of aliphatic imine (C=N–C) groups is 1. The van der Waals surface area contributed by atoms with Gasteiger partial charge in [0.25, 0.3) is 0 Å². The molecule has 1 nitrogen and oxygen atoms in total. The summed E-state index contributed by atoms with van der Waals surface area (Å²) in [5.41, 5.74) is 0.764. The molecule has 0 rings (SSSR count). The Morgan fingerprint density at radius 2 is 1.80 bits per heavy atom. The molecule has 0 spiro atoms. The third-order valence-electron chi connectivity index (χ3n) is 0.434. The molecule has 58 valence electrons. The molecule has 0 heterocycles. The smallest absolute Gasteiger partial charge is 0.0398 e. The van der Waals surface area contributed by atoms with Crippen molar-refractivity contribution in [2.24, 2.45) is 4.99 Å². The number of hydrogen-bond acceptors (Lipinski definition) is 2. The zero-order valence-electron chi connectivity index (χ0n) is 6.89. The van der Waals surface area contributed by atoms with Crippen LogP contribution in [0.25, 0.3) is 0 Å². The van der Waals surface area contributed by atoms with Gasteiger partial charge in [0.15, 0.2) is 0 Å². The molecule has 2 heteroatoms. The van der Waals surface area contributed by atoms with Gasteiger partial charge in [-0.25, -0.2) is 0 Å². The van der Waals surface area contributed by atoms with Gasteiger partial charge in [-0.15, -0.1) is 12.6 Å². The highest BCUT2D eigenvalue weighted by atomic mass is 32.1. The van der Waals surface area contributed by atoms with Crippen molar-refractivity contribution in [3.05, 3.63) is 23.8 Å². The first-order chi connectivity index (χ1) is 4.63. The highest BCUT2D eigenvalue weighted by Gasteiger charge is 1.74. The van der Waals surface area contributed by atoms with Gasteiger partial charge in [0, 0.05) is 16.8 Å². The quantitative estimate of drug-likeness (QED) is 0.467. The predicted octanol–water partition coefficient (Wildman–Crippen LogP) is 3.06. The average Bonchev–Trinajstić information content (AvgIpc) is 1.89. The summed E-state index contributed by atoms with van der Waals surface area (Å²) < 4.78 is 0. The number of allylic oxidation sites excluding steroid dienone is 2. The van der Waals surface area contributed by atoms with E-state index >= 15 is 0 Å². The van der Waals surface area contributed by atoms with Crippen molar-refractivity contribution in [2.45, 2.75) is 20.8 Å². The average molecular weight is 157 g/mol. The maximum atomic E-state index is 3.89. The summed E-state index contributed by atoms with van der Waals surface area (Å²) >= 11 is 3.89. The summed E-state index contributed by atoms with van der Waals surface area (Å²) in [6, 6.07) is 0. The molecule has 0 atom stereocenters. The van der Waals surface area contributed by atoms with Crippen LogP contribution in [-0.2, 0) is 0 Å². The molecular formula is C8H15NS. The van der Waals surface area contributed by atoms with Crippen molar-refractivity contribution in [1.29, 1.82) is 0 Å². The first kappa shape index (κ1) is 12.2. The summed E-state index contributed by atoms with van der Waals surface area (Å²) in [5.74, 6) is 0. The lowest BCUT2D eigenvalue weighted by molar-refractivity contribution is 1.34. The minimum Gasteiger partial charge on any atom is -0.261 e. The second kappa shape index (κ2) is 8.50. The molecule has 0 saturated carbocycles. The molecule has 0 aromatic carbocycles. The summed E-state index contributed by atoms with van der Waals surface area (Å²) in [4.78, 5) is 4.47. The molecule has 0 N–H and O–H groups in total. The van der Waals surface area contributed by atoms with Gasteiger partial charge < -0.3 is 0 Å². The Kier molecular flexibility index (Phi) is 10.4. The van der Waals surface area contributed by atoms with E-state index in [0.29, 0.717) is 4.91 Å². The Labute approximate surface area is 69.0 Å². The van der Waals surface area contributed by atoms with Crippen LogP contribution < -0.4 is 0 Å². The molecule has 0 aromatic heterocycles.